The number of aromatic nitrogens is 5. The molecule has 11 heteroatoms. The first-order valence-electron chi connectivity index (χ1n) is 8.08. The summed E-state index contributed by atoms with van der Waals surface area (Å²) < 4.78 is 9.22. The molecule has 0 amide bonds. The van der Waals surface area contributed by atoms with E-state index in [9.17, 15) is 10.1 Å². The first-order chi connectivity index (χ1) is 13.0. The molecule has 0 unspecified atom stereocenters. The fourth-order valence-electron chi connectivity index (χ4n) is 2.35. The van der Waals surface area contributed by atoms with Gasteiger partial charge in [0.1, 0.15) is 24.8 Å². The summed E-state index contributed by atoms with van der Waals surface area (Å²) in [5, 5.41) is 24.5. The predicted octanol–water partition coefficient (Wildman–Crippen LogP) is 3.69. The Morgan fingerprint density at radius 2 is 2.19 bits per heavy atom. The second-order valence-electron chi connectivity index (χ2n) is 5.61. The van der Waals surface area contributed by atoms with Crippen LogP contribution >= 0.6 is 23.4 Å². The van der Waals surface area contributed by atoms with Crippen molar-refractivity contribution in [3.8, 4) is 5.75 Å². The molecule has 0 aliphatic rings. The van der Waals surface area contributed by atoms with E-state index in [1.54, 1.807) is 6.07 Å². The smallest absolute Gasteiger partial charge is 0.307 e. The van der Waals surface area contributed by atoms with Gasteiger partial charge in [0.15, 0.2) is 11.0 Å². The van der Waals surface area contributed by atoms with Crippen LogP contribution in [0.3, 0.4) is 0 Å². The van der Waals surface area contributed by atoms with E-state index in [1.807, 2.05) is 30.5 Å². The summed E-state index contributed by atoms with van der Waals surface area (Å²) in [7, 11) is 0. The molecule has 0 saturated heterocycles. The molecule has 9 nitrogen and oxygen atoms in total. The average molecular weight is 409 g/mol. The molecule has 0 bridgehead atoms. The lowest BCUT2D eigenvalue weighted by atomic mass is 10.2. The van der Waals surface area contributed by atoms with E-state index < -0.39 is 4.92 Å². The third-order valence-electron chi connectivity index (χ3n) is 3.76. The van der Waals surface area contributed by atoms with Crippen LogP contribution in [-0.2, 0) is 19.0 Å². The van der Waals surface area contributed by atoms with Gasteiger partial charge in [-0.3, -0.25) is 14.8 Å². The Balaban J connectivity index is 1.64. The SMILES string of the molecule is CCn1c(COc2ccc(Cl)c(C)c2)nnc1SCn1cc([N+](=O)[O-])cn1. The molecule has 1 aromatic carbocycles. The summed E-state index contributed by atoms with van der Waals surface area (Å²) in [6.07, 6.45) is 2.60. The number of aryl methyl sites for hydroxylation is 1. The quantitative estimate of drug-likeness (QED) is 0.318. The van der Waals surface area contributed by atoms with Crippen molar-refractivity contribution in [2.45, 2.75) is 38.0 Å². The van der Waals surface area contributed by atoms with E-state index >= 15 is 0 Å². The molecule has 2 heterocycles. The molecule has 0 atom stereocenters. The van der Waals surface area contributed by atoms with Crippen LogP contribution in [-0.4, -0.2) is 29.5 Å². The third-order valence-corrected chi connectivity index (χ3v) is 5.14. The highest BCUT2D eigenvalue weighted by Gasteiger charge is 2.14. The topological polar surface area (TPSA) is 101 Å². The molecule has 0 saturated carbocycles. The van der Waals surface area contributed by atoms with Crippen molar-refractivity contribution < 1.29 is 9.66 Å². The van der Waals surface area contributed by atoms with Crippen LogP contribution < -0.4 is 4.74 Å². The molecular weight excluding hydrogens is 392 g/mol. The Labute approximate surface area is 164 Å². The molecule has 0 fully saturated rings. The lowest BCUT2D eigenvalue weighted by Crippen LogP contribution is -2.07. The van der Waals surface area contributed by atoms with Crippen LogP contribution in [0, 0.1) is 17.0 Å². The van der Waals surface area contributed by atoms with E-state index in [-0.39, 0.29) is 12.3 Å². The van der Waals surface area contributed by atoms with Gasteiger partial charge in [-0.15, -0.1) is 10.2 Å². The number of thioether (sulfide) groups is 1. The normalized spacial score (nSPS) is 10.9. The van der Waals surface area contributed by atoms with Gasteiger partial charge in [-0.1, -0.05) is 23.4 Å². The fraction of sp³-hybridized carbons (Fsp3) is 0.312. The number of nitrogens with zero attached hydrogens (tertiary/aromatic N) is 6. The van der Waals surface area contributed by atoms with Gasteiger partial charge >= 0.3 is 5.69 Å². The monoisotopic (exact) mass is 408 g/mol. The number of rotatable bonds is 8. The maximum absolute atomic E-state index is 10.7. The zero-order valence-corrected chi connectivity index (χ0v) is 16.3. The van der Waals surface area contributed by atoms with Gasteiger partial charge in [-0.2, -0.15) is 5.10 Å². The van der Waals surface area contributed by atoms with Crippen LogP contribution in [0.1, 0.15) is 18.3 Å². The number of ether oxygens (including phenoxy) is 1. The standard InChI is InChI=1S/C16H17ClN6O3S/c1-3-22-15(9-26-13-4-5-14(17)11(2)6-13)19-20-16(22)27-10-21-8-12(7-18-21)23(24)25/h4-8H,3,9-10H2,1-2H3. The van der Waals surface area contributed by atoms with Gasteiger partial charge < -0.3 is 9.30 Å². The predicted molar refractivity (Wildman–Crippen MR) is 101 cm³/mol. The summed E-state index contributed by atoms with van der Waals surface area (Å²) in [4.78, 5) is 10.2. The lowest BCUT2D eigenvalue weighted by Gasteiger charge is -2.09. The summed E-state index contributed by atoms with van der Waals surface area (Å²) in [5.41, 5.74) is 0.899. The van der Waals surface area contributed by atoms with E-state index in [2.05, 4.69) is 15.3 Å². The number of nitro groups is 1. The maximum atomic E-state index is 10.7. The van der Waals surface area contributed by atoms with Crippen LogP contribution in [0.5, 0.6) is 5.75 Å². The first-order valence-corrected chi connectivity index (χ1v) is 9.45. The van der Waals surface area contributed by atoms with E-state index in [4.69, 9.17) is 16.3 Å². The van der Waals surface area contributed by atoms with Gasteiger partial charge in [0, 0.05) is 11.6 Å². The van der Waals surface area contributed by atoms with Gasteiger partial charge in [0.05, 0.1) is 10.8 Å². The highest BCUT2D eigenvalue weighted by atomic mass is 35.5. The third kappa shape index (κ3) is 4.58. The molecule has 0 aliphatic carbocycles. The molecule has 142 valence electrons. The molecule has 2 aromatic heterocycles. The lowest BCUT2D eigenvalue weighted by molar-refractivity contribution is -0.385. The van der Waals surface area contributed by atoms with Crippen molar-refractivity contribution in [3.63, 3.8) is 0 Å². The summed E-state index contributed by atoms with van der Waals surface area (Å²) in [6, 6.07) is 5.47. The van der Waals surface area contributed by atoms with Crippen molar-refractivity contribution in [2.24, 2.45) is 0 Å². The van der Waals surface area contributed by atoms with Crippen molar-refractivity contribution in [2.75, 3.05) is 0 Å². The van der Waals surface area contributed by atoms with Gasteiger partial charge in [-0.05, 0) is 37.6 Å². The molecule has 0 N–H and O–H groups in total. The number of benzene rings is 1. The summed E-state index contributed by atoms with van der Waals surface area (Å²) >= 11 is 7.41. The minimum Gasteiger partial charge on any atom is -0.486 e. The second-order valence-corrected chi connectivity index (χ2v) is 6.93. The Morgan fingerprint density at radius 1 is 1.37 bits per heavy atom. The Hall–Kier alpha value is -2.59. The van der Waals surface area contributed by atoms with Crippen molar-refractivity contribution in [1.82, 2.24) is 24.5 Å². The highest BCUT2D eigenvalue weighted by molar-refractivity contribution is 7.98. The van der Waals surface area contributed by atoms with Crippen LogP contribution in [0.4, 0.5) is 5.69 Å². The van der Waals surface area contributed by atoms with Crippen molar-refractivity contribution in [3.05, 3.63) is 57.1 Å². The first kappa shape index (κ1) is 19.2. The van der Waals surface area contributed by atoms with Gasteiger partial charge in [0.2, 0.25) is 0 Å². The number of halogens is 1. The summed E-state index contributed by atoms with van der Waals surface area (Å²) in [6.45, 7) is 4.85. The van der Waals surface area contributed by atoms with Crippen LogP contribution in [0.25, 0.3) is 0 Å². The average Bonchev–Trinajstić information content (AvgIpc) is 3.27. The maximum Gasteiger partial charge on any atom is 0.307 e. The molecule has 3 aromatic rings. The van der Waals surface area contributed by atoms with E-state index in [1.165, 1.54) is 28.8 Å². The fourth-order valence-corrected chi connectivity index (χ4v) is 3.34. The number of hydrogen-bond donors (Lipinski definition) is 0. The van der Waals surface area contributed by atoms with Crippen LogP contribution in [0.15, 0.2) is 35.7 Å². The highest BCUT2D eigenvalue weighted by Crippen LogP contribution is 2.23. The summed E-state index contributed by atoms with van der Waals surface area (Å²) in [5.74, 6) is 1.79. The molecule has 27 heavy (non-hydrogen) atoms. The van der Waals surface area contributed by atoms with Crippen LogP contribution in [0.2, 0.25) is 5.02 Å². The van der Waals surface area contributed by atoms with E-state index in [0.717, 1.165) is 5.56 Å². The minimum atomic E-state index is -0.476. The molecule has 3 rings (SSSR count). The Kier molecular flexibility index (Phi) is 5.97. The molecule has 0 radical (unpaired) electrons. The molecular formula is C16H17ClN6O3S. The Morgan fingerprint density at radius 3 is 2.85 bits per heavy atom. The van der Waals surface area contributed by atoms with Crippen molar-refractivity contribution in [1.29, 1.82) is 0 Å². The van der Waals surface area contributed by atoms with Gasteiger partial charge in [0.25, 0.3) is 0 Å². The second kappa shape index (κ2) is 8.40. The minimum absolute atomic E-state index is 0.0418. The Bertz CT molecular complexity index is 958. The van der Waals surface area contributed by atoms with Crippen molar-refractivity contribution >= 4 is 29.1 Å². The number of hydrogen-bond acceptors (Lipinski definition) is 7. The van der Waals surface area contributed by atoms with Gasteiger partial charge in [-0.25, -0.2) is 0 Å². The largest absolute Gasteiger partial charge is 0.486 e. The molecule has 0 spiro atoms. The zero-order valence-electron chi connectivity index (χ0n) is 14.7. The zero-order chi connectivity index (χ0) is 19.4. The van der Waals surface area contributed by atoms with E-state index in [0.29, 0.717) is 34.2 Å². The molecule has 0 aliphatic heterocycles.